The molecule has 0 saturated carbocycles. The van der Waals surface area contributed by atoms with E-state index in [-0.39, 0.29) is 24.3 Å². The van der Waals surface area contributed by atoms with Crippen molar-refractivity contribution in [1.29, 1.82) is 0 Å². The van der Waals surface area contributed by atoms with Crippen molar-refractivity contribution in [2.24, 2.45) is 5.92 Å². The number of nitrogens with zero attached hydrogens (tertiary/aromatic N) is 1. The Bertz CT molecular complexity index is 1120. The zero-order chi connectivity index (χ0) is 24.7. The van der Waals surface area contributed by atoms with Gasteiger partial charge in [-0.2, -0.15) is 26.3 Å². The van der Waals surface area contributed by atoms with Crippen LogP contribution in [0.25, 0.3) is 6.08 Å². The second kappa shape index (κ2) is 8.86. The Hall–Kier alpha value is -3.21. The number of halogens is 6. The largest absolute Gasteiger partial charge is 0.489 e. The number of carboxylic acids is 1. The number of benzene rings is 2. The monoisotopic (exact) mass is 487 g/mol. The van der Waals surface area contributed by atoms with E-state index < -0.39 is 41.6 Å². The maximum absolute atomic E-state index is 13.3. The van der Waals surface area contributed by atoms with E-state index in [9.17, 15) is 31.1 Å². The van der Waals surface area contributed by atoms with Gasteiger partial charge >= 0.3 is 18.3 Å². The highest BCUT2D eigenvalue weighted by molar-refractivity contribution is 5.71. The van der Waals surface area contributed by atoms with Crippen LogP contribution >= 0.6 is 0 Å². The lowest BCUT2D eigenvalue weighted by Gasteiger charge is -2.37. The number of rotatable bonds is 6. The highest BCUT2D eigenvalue weighted by Gasteiger charge is 2.38. The summed E-state index contributed by atoms with van der Waals surface area (Å²) in [5, 5.41) is 8.95. The minimum atomic E-state index is -4.97. The average molecular weight is 487 g/mol. The molecule has 0 aromatic heterocycles. The Morgan fingerprint density at radius 2 is 1.79 bits per heavy atom. The summed E-state index contributed by atoms with van der Waals surface area (Å²) in [5.41, 5.74) is -1.53. The van der Waals surface area contributed by atoms with Crippen molar-refractivity contribution in [2.75, 3.05) is 26.2 Å². The summed E-state index contributed by atoms with van der Waals surface area (Å²) in [5.74, 6) is -0.520. The summed E-state index contributed by atoms with van der Waals surface area (Å²) in [6, 6.07) is 6.13. The van der Waals surface area contributed by atoms with E-state index in [4.69, 9.17) is 14.6 Å². The van der Waals surface area contributed by atoms with Crippen LogP contribution in [-0.2, 0) is 23.8 Å². The predicted octanol–water partition coefficient (Wildman–Crippen LogP) is 5.10. The Balaban J connectivity index is 1.43. The molecule has 0 amide bonds. The molecule has 0 bridgehead atoms. The van der Waals surface area contributed by atoms with Gasteiger partial charge < -0.3 is 14.6 Å². The molecular weight excluding hydrogens is 468 g/mol. The summed E-state index contributed by atoms with van der Waals surface area (Å²) < 4.78 is 89.5. The van der Waals surface area contributed by atoms with Crippen molar-refractivity contribution in [3.8, 4) is 11.5 Å². The van der Waals surface area contributed by atoms with E-state index in [1.165, 1.54) is 12.1 Å². The van der Waals surface area contributed by atoms with Crippen molar-refractivity contribution in [3.05, 3.63) is 64.2 Å². The van der Waals surface area contributed by atoms with Crippen LogP contribution in [0.5, 0.6) is 11.5 Å². The van der Waals surface area contributed by atoms with E-state index in [1.54, 1.807) is 6.07 Å². The summed E-state index contributed by atoms with van der Waals surface area (Å²) in [6.07, 6.45) is -7.97. The van der Waals surface area contributed by atoms with Crippen LogP contribution in [-0.4, -0.2) is 42.2 Å². The highest BCUT2D eigenvalue weighted by Crippen LogP contribution is 2.38. The van der Waals surface area contributed by atoms with Crippen LogP contribution in [0, 0.1) is 5.92 Å². The minimum absolute atomic E-state index is 0.0811. The van der Waals surface area contributed by atoms with Gasteiger partial charge in [-0.15, -0.1) is 0 Å². The summed E-state index contributed by atoms with van der Waals surface area (Å²) in [6.45, 7) is 1.19. The molecule has 1 N–H and O–H groups in total. The Morgan fingerprint density at radius 3 is 2.44 bits per heavy atom. The lowest BCUT2D eigenvalue weighted by molar-refractivity contribution is -0.147. The molecule has 0 spiro atoms. The third-order valence-corrected chi connectivity index (χ3v) is 5.63. The highest BCUT2D eigenvalue weighted by atomic mass is 19.4. The second-order valence-corrected chi connectivity index (χ2v) is 8.18. The average Bonchev–Trinajstić information content (AvgIpc) is 2.72. The van der Waals surface area contributed by atoms with Gasteiger partial charge in [-0.05, 0) is 35.9 Å². The van der Waals surface area contributed by atoms with Crippen LogP contribution in [0.2, 0.25) is 0 Å². The molecule has 182 valence electrons. The topological polar surface area (TPSA) is 59.0 Å². The van der Waals surface area contributed by atoms with Gasteiger partial charge in [-0.1, -0.05) is 6.07 Å². The van der Waals surface area contributed by atoms with Gasteiger partial charge in [0.25, 0.3) is 0 Å². The number of carbonyl (C=O) groups is 1. The fourth-order valence-corrected chi connectivity index (χ4v) is 3.82. The van der Waals surface area contributed by atoms with Crippen molar-refractivity contribution in [1.82, 2.24) is 4.90 Å². The Kier molecular flexibility index (Phi) is 6.24. The van der Waals surface area contributed by atoms with E-state index in [1.807, 2.05) is 11.0 Å². The molecule has 11 heteroatoms. The first-order chi connectivity index (χ1) is 15.9. The van der Waals surface area contributed by atoms with Crippen LogP contribution < -0.4 is 9.47 Å². The molecular formula is C23H19F6NO4. The zero-order valence-corrected chi connectivity index (χ0v) is 17.5. The predicted molar refractivity (Wildman–Crippen MR) is 108 cm³/mol. The number of carboxylic acid groups (broad SMARTS) is 1. The molecule has 2 heterocycles. The number of ether oxygens (including phenoxy) is 2. The van der Waals surface area contributed by atoms with Crippen molar-refractivity contribution < 1.29 is 45.7 Å². The fourth-order valence-electron chi connectivity index (χ4n) is 3.82. The number of likely N-dealkylation sites (tertiary alicyclic amines) is 1. The van der Waals surface area contributed by atoms with Crippen LogP contribution in [0.15, 0.2) is 42.0 Å². The molecule has 34 heavy (non-hydrogen) atoms. The Morgan fingerprint density at radius 1 is 1.06 bits per heavy atom. The van der Waals surface area contributed by atoms with Gasteiger partial charge in [-0.25, -0.2) is 0 Å². The second-order valence-electron chi connectivity index (χ2n) is 8.18. The number of alkyl halides is 6. The van der Waals surface area contributed by atoms with Crippen LogP contribution in [0.3, 0.4) is 0 Å². The van der Waals surface area contributed by atoms with Crippen LogP contribution in [0.4, 0.5) is 26.3 Å². The summed E-state index contributed by atoms with van der Waals surface area (Å²) in [4.78, 5) is 12.9. The molecule has 2 aliphatic heterocycles. The first-order valence-electron chi connectivity index (χ1n) is 10.2. The van der Waals surface area contributed by atoms with Gasteiger partial charge in [0.15, 0.2) is 0 Å². The maximum Gasteiger partial charge on any atom is 0.416 e. The van der Waals surface area contributed by atoms with Gasteiger partial charge in [0.05, 0.1) is 17.0 Å². The van der Waals surface area contributed by atoms with Crippen molar-refractivity contribution in [3.63, 3.8) is 0 Å². The van der Waals surface area contributed by atoms with Crippen molar-refractivity contribution in [2.45, 2.75) is 19.0 Å². The maximum atomic E-state index is 13.3. The molecule has 0 unspecified atom stereocenters. The first kappa shape index (κ1) is 23.9. The minimum Gasteiger partial charge on any atom is -0.489 e. The van der Waals surface area contributed by atoms with E-state index in [2.05, 4.69) is 0 Å². The normalized spacial score (nSPS) is 16.8. The standard InChI is InChI=1S/C23H19F6NO4/c24-22(25,26)17-3-1-15(19(6-17)23(27,28)29)12-33-18-4-2-14-5-13(11-34-20(14)7-18)8-30-9-16(10-30)21(31)32/h1-7,16H,8-12H2,(H,31,32). The molecule has 2 aliphatic rings. The number of aliphatic carboxylic acids is 1. The molecule has 1 fully saturated rings. The lowest BCUT2D eigenvalue weighted by Crippen LogP contribution is -2.51. The molecule has 1 saturated heterocycles. The van der Waals surface area contributed by atoms with Crippen LogP contribution in [0.1, 0.15) is 22.3 Å². The number of hydrogen-bond donors (Lipinski definition) is 1. The molecule has 0 radical (unpaired) electrons. The third kappa shape index (κ3) is 5.30. The smallest absolute Gasteiger partial charge is 0.416 e. The molecule has 5 nitrogen and oxygen atoms in total. The summed E-state index contributed by atoms with van der Waals surface area (Å²) >= 11 is 0. The van der Waals surface area contributed by atoms with Gasteiger partial charge in [0.2, 0.25) is 0 Å². The van der Waals surface area contributed by atoms with Gasteiger partial charge in [-0.3, -0.25) is 9.69 Å². The number of hydrogen-bond acceptors (Lipinski definition) is 4. The zero-order valence-electron chi connectivity index (χ0n) is 17.5. The number of fused-ring (bicyclic) bond motifs is 1. The SMILES string of the molecule is O=C(O)C1CN(CC2=Cc3ccc(OCc4ccc(C(F)(F)F)cc4C(F)(F)F)cc3OC2)C1. The van der Waals surface area contributed by atoms with E-state index >= 15 is 0 Å². The van der Waals surface area contributed by atoms with Gasteiger partial charge in [0.1, 0.15) is 24.7 Å². The quantitative estimate of drug-likeness (QED) is 0.575. The summed E-state index contributed by atoms with van der Waals surface area (Å²) in [7, 11) is 0. The molecule has 2 aromatic rings. The third-order valence-electron chi connectivity index (χ3n) is 5.63. The molecule has 0 aliphatic carbocycles. The lowest BCUT2D eigenvalue weighted by atomic mass is 9.98. The van der Waals surface area contributed by atoms with E-state index in [0.717, 1.165) is 17.2 Å². The van der Waals surface area contributed by atoms with Crippen molar-refractivity contribution >= 4 is 12.0 Å². The fraction of sp³-hybridized carbons (Fsp3) is 0.348. The molecule has 0 atom stereocenters. The van der Waals surface area contributed by atoms with E-state index in [0.29, 0.717) is 31.5 Å². The Labute approximate surface area is 190 Å². The first-order valence-corrected chi connectivity index (χ1v) is 10.2. The molecule has 2 aromatic carbocycles. The van der Waals surface area contributed by atoms with Gasteiger partial charge in [0, 0.05) is 36.8 Å². The molecule has 4 rings (SSSR count).